The second kappa shape index (κ2) is 11.9. The van der Waals surface area contributed by atoms with E-state index in [1.807, 2.05) is 73.6 Å². The maximum atomic E-state index is 12.1. The Kier molecular flexibility index (Phi) is 8.93. The fraction of sp³-hybridized carbons (Fsp3) is 0.200. The number of methoxy groups -OCH3 is 2. The summed E-state index contributed by atoms with van der Waals surface area (Å²) >= 11 is 0. The van der Waals surface area contributed by atoms with Crippen molar-refractivity contribution in [1.82, 2.24) is 0 Å². The Balaban J connectivity index is 2.08. The number of nitriles is 1. The van der Waals surface area contributed by atoms with Gasteiger partial charge in [0, 0.05) is 31.9 Å². The number of carbonyl (C=O) groups excluding carboxylic acids is 1. The molecular formula is C25H26N2O4. The standard InChI is InChI=1S/C25H26N2O4/c1-27(2)21-15-23(29-3)22(24(16-21)30-4)14-10-6-9-13-20(17-26)25(28)31-18-19-11-7-5-8-12-19/h5-16H,18H2,1-4H3. The fourth-order valence-corrected chi connectivity index (χ4v) is 2.67. The molecule has 0 aliphatic carbocycles. The van der Waals surface area contributed by atoms with Crippen molar-refractivity contribution in [2.45, 2.75) is 6.61 Å². The Morgan fingerprint density at radius 2 is 1.68 bits per heavy atom. The van der Waals surface area contributed by atoms with Crippen LogP contribution in [-0.4, -0.2) is 34.3 Å². The molecule has 6 heteroatoms. The summed E-state index contributed by atoms with van der Waals surface area (Å²) in [6.07, 6.45) is 8.34. The minimum atomic E-state index is -0.664. The van der Waals surface area contributed by atoms with Crippen LogP contribution in [0.5, 0.6) is 11.5 Å². The highest BCUT2D eigenvalue weighted by Crippen LogP contribution is 2.34. The van der Waals surface area contributed by atoms with Gasteiger partial charge in [0.2, 0.25) is 0 Å². The predicted molar refractivity (Wildman–Crippen MR) is 122 cm³/mol. The van der Waals surface area contributed by atoms with E-state index in [1.165, 1.54) is 6.08 Å². The average Bonchev–Trinajstić information content (AvgIpc) is 2.80. The molecule has 0 saturated heterocycles. The first-order chi connectivity index (χ1) is 15.0. The lowest BCUT2D eigenvalue weighted by atomic mass is 10.1. The molecular weight excluding hydrogens is 392 g/mol. The van der Waals surface area contributed by atoms with E-state index in [0.29, 0.717) is 11.5 Å². The molecule has 2 aromatic rings. The zero-order valence-electron chi connectivity index (χ0n) is 18.2. The Bertz CT molecular complexity index is 991. The zero-order chi connectivity index (χ0) is 22.6. The van der Waals surface area contributed by atoms with Gasteiger partial charge in [-0.3, -0.25) is 0 Å². The van der Waals surface area contributed by atoms with Gasteiger partial charge in [-0.25, -0.2) is 4.79 Å². The van der Waals surface area contributed by atoms with Crippen LogP contribution in [0.3, 0.4) is 0 Å². The van der Waals surface area contributed by atoms with E-state index in [-0.39, 0.29) is 12.2 Å². The molecule has 160 valence electrons. The number of hydrogen-bond acceptors (Lipinski definition) is 6. The molecule has 0 atom stereocenters. The van der Waals surface area contributed by atoms with Crippen LogP contribution in [0.2, 0.25) is 0 Å². The molecule has 0 amide bonds. The number of rotatable bonds is 9. The minimum absolute atomic E-state index is 0.0777. The second-order valence-corrected chi connectivity index (χ2v) is 6.66. The smallest absolute Gasteiger partial charge is 0.349 e. The summed E-state index contributed by atoms with van der Waals surface area (Å²) in [6.45, 7) is 0.116. The molecule has 0 fully saturated rings. The number of anilines is 1. The van der Waals surface area contributed by atoms with Crippen LogP contribution in [0.25, 0.3) is 6.08 Å². The Morgan fingerprint density at radius 3 is 2.23 bits per heavy atom. The number of hydrogen-bond donors (Lipinski definition) is 0. The Hall–Kier alpha value is -3.98. The summed E-state index contributed by atoms with van der Waals surface area (Å²) in [4.78, 5) is 14.0. The third-order valence-electron chi connectivity index (χ3n) is 4.35. The highest BCUT2D eigenvalue weighted by molar-refractivity contribution is 5.93. The maximum absolute atomic E-state index is 12.1. The fourth-order valence-electron chi connectivity index (χ4n) is 2.67. The lowest BCUT2D eigenvalue weighted by Gasteiger charge is -2.17. The first-order valence-corrected chi connectivity index (χ1v) is 9.59. The highest BCUT2D eigenvalue weighted by Gasteiger charge is 2.11. The molecule has 2 rings (SSSR count). The molecule has 0 aromatic heterocycles. The summed E-state index contributed by atoms with van der Waals surface area (Å²) in [5.41, 5.74) is 2.52. The van der Waals surface area contributed by atoms with Crippen LogP contribution < -0.4 is 14.4 Å². The highest BCUT2D eigenvalue weighted by atomic mass is 16.5. The molecule has 0 radical (unpaired) electrons. The predicted octanol–water partition coefficient (Wildman–Crippen LogP) is 4.53. The number of ether oxygens (including phenoxy) is 3. The van der Waals surface area contributed by atoms with Crippen molar-refractivity contribution in [2.24, 2.45) is 0 Å². The Morgan fingerprint density at radius 1 is 1.03 bits per heavy atom. The first-order valence-electron chi connectivity index (χ1n) is 9.59. The van der Waals surface area contributed by atoms with Crippen molar-refractivity contribution in [1.29, 1.82) is 5.26 Å². The van der Waals surface area contributed by atoms with E-state index in [9.17, 15) is 10.1 Å². The first kappa shape index (κ1) is 23.3. The summed E-state index contributed by atoms with van der Waals surface area (Å²) in [7, 11) is 7.08. The van der Waals surface area contributed by atoms with E-state index in [1.54, 1.807) is 32.4 Å². The van der Waals surface area contributed by atoms with Crippen LogP contribution in [0.15, 0.2) is 72.3 Å². The van der Waals surface area contributed by atoms with Crippen molar-refractivity contribution < 1.29 is 19.0 Å². The molecule has 6 nitrogen and oxygen atoms in total. The number of allylic oxidation sites excluding steroid dienone is 4. The van der Waals surface area contributed by atoms with Gasteiger partial charge in [-0.05, 0) is 17.7 Å². The molecule has 0 spiro atoms. The lowest BCUT2D eigenvalue weighted by molar-refractivity contribution is -0.139. The van der Waals surface area contributed by atoms with Crippen LogP contribution in [0, 0.1) is 11.3 Å². The third kappa shape index (κ3) is 6.79. The van der Waals surface area contributed by atoms with Gasteiger partial charge in [0.05, 0.1) is 19.8 Å². The maximum Gasteiger partial charge on any atom is 0.349 e. The van der Waals surface area contributed by atoms with Gasteiger partial charge in [0.1, 0.15) is 29.7 Å². The summed E-state index contributed by atoms with van der Waals surface area (Å²) in [5, 5.41) is 9.23. The van der Waals surface area contributed by atoms with Gasteiger partial charge in [-0.1, -0.05) is 48.6 Å². The summed E-state index contributed by atoms with van der Waals surface area (Å²) in [5.74, 6) is 0.679. The SMILES string of the molecule is COc1cc(N(C)C)cc(OC)c1C=CC=CC=C(C#N)C(=O)OCc1ccccc1. The summed E-state index contributed by atoms with van der Waals surface area (Å²) < 4.78 is 16.2. The van der Waals surface area contributed by atoms with E-state index >= 15 is 0 Å². The number of benzene rings is 2. The molecule has 0 unspecified atom stereocenters. The van der Waals surface area contributed by atoms with Crippen molar-refractivity contribution in [2.75, 3.05) is 33.2 Å². The molecule has 31 heavy (non-hydrogen) atoms. The van der Waals surface area contributed by atoms with Crippen molar-refractivity contribution in [3.63, 3.8) is 0 Å². The van der Waals surface area contributed by atoms with Gasteiger partial charge in [0.15, 0.2) is 0 Å². The van der Waals surface area contributed by atoms with E-state index in [4.69, 9.17) is 14.2 Å². The number of carbonyl (C=O) groups is 1. The van der Waals surface area contributed by atoms with Gasteiger partial charge >= 0.3 is 5.97 Å². The van der Waals surface area contributed by atoms with Crippen molar-refractivity contribution in [3.8, 4) is 17.6 Å². The van der Waals surface area contributed by atoms with Crippen LogP contribution in [0.4, 0.5) is 5.69 Å². The molecule has 2 aromatic carbocycles. The minimum Gasteiger partial charge on any atom is -0.496 e. The molecule has 0 aliphatic rings. The molecule has 0 saturated carbocycles. The zero-order valence-corrected chi connectivity index (χ0v) is 18.2. The molecule has 0 bridgehead atoms. The van der Waals surface area contributed by atoms with Gasteiger partial charge < -0.3 is 19.1 Å². The van der Waals surface area contributed by atoms with Crippen LogP contribution in [-0.2, 0) is 16.1 Å². The summed E-state index contributed by atoms with van der Waals surface area (Å²) in [6, 6.07) is 15.0. The van der Waals surface area contributed by atoms with Gasteiger partial charge in [-0.15, -0.1) is 0 Å². The topological polar surface area (TPSA) is 71.8 Å². The van der Waals surface area contributed by atoms with Crippen molar-refractivity contribution >= 4 is 17.7 Å². The van der Waals surface area contributed by atoms with Crippen LogP contribution in [0.1, 0.15) is 11.1 Å². The molecule has 0 N–H and O–H groups in total. The van der Waals surface area contributed by atoms with E-state index < -0.39 is 5.97 Å². The largest absolute Gasteiger partial charge is 0.496 e. The molecule has 0 aliphatic heterocycles. The molecule has 0 heterocycles. The monoisotopic (exact) mass is 418 g/mol. The van der Waals surface area contributed by atoms with E-state index in [2.05, 4.69) is 0 Å². The third-order valence-corrected chi connectivity index (χ3v) is 4.35. The quantitative estimate of drug-likeness (QED) is 0.258. The average molecular weight is 418 g/mol. The Labute approximate surface area is 183 Å². The van der Waals surface area contributed by atoms with Gasteiger partial charge in [0.25, 0.3) is 0 Å². The number of esters is 1. The van der Waals surface area contributed by atoms with Crippen LogP contribution >= 0.6 is 0 Å². The van der Waals surface area contributed by atoms with Crippen molar-refractivity contribution in [3.05, 3.63) is 83.5 Å². The number of nitrogens with zero attached hydrogens (tertiary/aromatic N) is 2. The normalized spacial score (nSPS) is 11.4. The van der Waals surface area contributed by atoms with E-state index in [0.717, 1.165) is 16.8 Å². The van der Waals surface area contributed by atoms with Gasteiger partial charge in [-0.2, -0.15) is 5.26 Å². The lowest BCUT2D eigenvalue weighted by Crippen LogP contribution is -2.09. The second-order valence-electron chi connectivity index (χ2n) is 6.66.